The fourth-order valence-corrected chi connectivity index (χ4v) is 2.61. The Bertz CT molecular complexity index is 206. The van der Waals surface area contributed by atoms with E-state index in [0.29, 0.717) is 18.2 Å². The molecule has 1 N–H and O–H groups in total. The molecule has 0 saturated carbocycles. The van der Waals surface area contributed by atoms with E-state index in [1.807, 2.05) is 7.11 Å². The monoisotopic (exact) mass is 242 g/mol. The highest BCUT2D eigenvalue weighted by atomic mass is 16.5. The van der Waals surface area contributed by atoms with Crippen LogP contribution >= 0.6 is 0 Å². The lowest BCUT2D eigenvalue weighted by Gasteiger charge is -2.42. The maximum absolute atomic E-state index is 5.41. The van der Waals surface area contributed by atoms with Gasteiger partial charge in [-0.2, -0.15) is 0 Å². The molecule has 0 aromatic carbocycles. The fourth-order valence-electron chi connectivity index (χ4n) is 2.61. The minimum absolute atomic E-state index is 0.334. The first-order valence-corrected chi connectivity index (χ1v) is 7.07. The van der Waals surface area contributed by atoms with E-state index in [2.05, 4.69) is 37.9 Å². The molecule has 0 aromatic heterocycles. The molecule has 0 spiro atoms. The highest BCUT2D eigenvalue weighted by molar-refractivity contribution is 4.86. The highest BCUT2D eigenvalue weighted by Crippen LogP contribution is 2.17. The Labute approximate surface area is 107 Å². The second-order valence-corrected chi connectivity index (χ2v) is 5.80. The van der Waals surface area contributed by atoms with Crippen molar-refractivity contribution < 1.29 is 4.74 Å². The molecule has 0 aromatic rings. The van der Waals surface area contributed by atoms with Gasteiger partial charge in [-0.15, -0.1) is 0 Å². The van der Waals surface area contributed by atoms with Crippen molar-refractivity contribution in [1.82, 2.24) is 10.2 Å². The summed E-state index contributed by atoms with van der Waals surface area (Å²) in [6.07, 6.45) is 2.83. The molecule has 0 amide bonds. The van der Waals surface area contributed by atoms with E-state index in [0.717, 1.165) is 19.0 Å². The maximum atomic E-state index is 5.41. The van der Waals surface area contributed by atoms with Gasteiger partial charge in [0.25, 0.3) is 0 Å². The quantitative estimate of drug-likeness (QED) is 0.772. The largest absolute Gasteiger partial charge is 0.380 e. The second kappa shape index (κ2) is 7.34. The summed E-state index contributed by atoms with van der Waals surface area (Å²) in [7, 11) is 1.81. The number of rotatable bonds is 6. The zero-order valence-electron chi connectivity index (χ0n) is 12.2. The summed E-state index contributed by atoms with van der Waals surface area (Å²) in [6, 6.07) is 1.33. The zero-order chi connectivity index (χ0) is 12.8. The van der Waals surface area contributed by atoms with Crippen molar-refractivity contribution in [2.75, 3.05) is 26.7 Å². The lowest BCUT2D eigenvalue weighted by atomic mass is 9.98. The van der Waals surface area contributed by atoms with Gasteiger partial charge >= 0.3 is 0 Å². The predicted molar refractivity (Wildman–Crippen MR) is 73.4 cm³/mol. The molecule has 17 heavy (non-hydrogen) atoms. The van der Waals surface area contributed by atoms with Crippen LogP contribution in [0.1, 0.15) is 40.5 Å². The van der Waals surface area contributed by atoms with Crippen LogP contribution in [0.3, 0.4) is 0 Å². The molecule has 0 bridgehead atoms. The Kier molecular flexibility index (Phi) is 6.45. The number of piperazine rings is 1. The topological polar surface area (TPSA) is 24.5 Å². The first kappa shape index (κ1) is 14.9. The molecule has 3 heteroatoms. The Morgan fingerprint density at radius 3 is 2.59 bits per heavy atom. The summed E-state index contributed by atoms with van der Waals surface area (Å²) in [6.45, 7) is 12.4. The van der Waals surface area contributed by atoms with E-state index in [1.54, 1.807) is 0 Å². The average Bonchev–Trinajstić information content (AvgIpc) is 2.30. The van der Waals surface area contributed by atoms with Crippen molar-refractivity contribution in [1.29, 1.82) is 0 Å². The van der Waals surface area contributed by atoms with Crippen molar-refractivity contribution in [3.05, 3.63) is 0 Å². The minimum atomic E-state index is 0.334. The van der Waals surface area contributed by atoms with Crippen molar-refractivity contribution in [2.24, 2.45) is 5.92 Å². The van der Waals surface area contributed by atoms with Crippen LogP contribution in [0.4, 0.5) is 0 Å². The van der Waals surface area contributed by atoms with E-state index in [4.69, 9.17) is 4.74 Å². The van der Waals surface area contributed by atoms with Crippen molar-refractivity contribution in [3.63, 3.8) is 0 Å². The molecule has 3 atom stereocenters. The van der Waals surface area contributed by atoms with E-state index in [-0.39, 0.29) is 0 Å². The van der Waals surface area contributed by atoms with Gasteiger partial charge in [0, 0.05) is 38.8 Å². The van der Waals surface area contributed by atoms with E-state index in [9.17, 15) is 0 Å². The molecule has 1 saturated heterocycles. The number of methoxy groups -OCH3 is 1. The molecule has 3 unspecified atom stereocenters. The molecule has 0 aliphatic carbocycles. The van der Waals surface area contributed by atoms with Gasteiger partial charge in [0.05, 0.1) is 6.10 Å². The van der Waals surface area contributed by atoms with Gasteiger partial charge in [-0.1, -0.05) is 20.8 Å². The van der Waals surface area contributed by atoms with Gasteiger partial charge in [-0.05, 0) is 25.7 Å². The van der Waals surface area contributed by atoms with Crippen LogP contribution in [0.5, 0.6) is 0 Å². The number of hydrogen-bond acceptors (Lipinski definition) is 3. The lowest BCUT2D eigenvalue weighted by molar-refractivity contribution is 0.0351. The first-order chi connectivity index (χ1) is 8.06. The molecular weight excluding hydrogens is 212 g/mol. The number of hydrogen-bond donors (Lipinski definition) is 1. The van der Waals surface area contributed by atoms with Crippen LogP contribution in [0.2, 0.25) is 0 Å². The molecule has 0 radical (unpaired) electrons. The minimum Gasteiger partial charge on any atom is -0.380 e. The summed E-state index contributed by atoms with van der Waals surface area (Å²) in [4.78, 5) is 2.62. The molecule has 1 heterocycles. The molecular formula is C14H30N2O. The van der Waals surface area contributed by atoms with E-state index >= 15 is 0 Å². The summed E-state index contributed by atoms with van der Waals surface area (Å²) in [5.74, 6) is 0.764. The summed E-state index contributed by atoms with van der Waals surface area (Å²) in [5, 5.41) is 3.66. The van der Waals surface area contributed by atoms with Crippen molar-refractivity contribution in [3.8, 4) is 0 Å². The van der Waals surface area contributed by atoms with Crippen LogP contribution in [0, 0.1) is 5.92 Å². The molecule has 1 aliphatic rings. The first-order valence-electron chi connectivity index (χ1n) is 7.07. The van der Waals surface area contributed by atoms with Crippen LogP contribution in [-0.4, -0.2) is 49.8 Å². The van der Waals surface area contributed by atoms with E-state index < -0.39 is 0 Å². The summed E-state index contributed by atoms with van der Waals surface area (Å²) >= 11 is 0. The summed E-state index contributed by atoms with van der Waals surface area (Å²) in [5.41, 5.74) is 0. The van der Waals surface area contributed by atoms with Crippen molar-refractivity contribution in [2.45, 2.75) is 58.7 Å². The van der Waals surface area contributed by atoms with Gasteiger partial charge in [-0.3, -0.25) is 4.90 Å². The van der Waals surface area contributed by atoms with Gasteiger partial charge < -0.3 is 10.1 Å². The van der Waals surface area contributed by atoms with Crippen LogP contribution in [0.25, 0.3) is 0 Å². The van der Waals surface area contributed by atoms with Crippen LogP contribution in [0.15, 0.2) is 0 Å². The Morgan fingerprint density at radius 1 is 1.35 bits per heavy atom. The molecule has 102 valence electrons. The Balaban J connectivity index is 2.54. The van der Waals surface area contributed by atoms with Crippen LogP contribution in [-0.2, 0) is 4.74 Å². The highest BCUT2D eigenvalue weighted by Gasteiger charge is 2.28. The molecule has 1 rings (SSSR count). The van der Waals surface area contributed by atoms with Gasteiger partial charge in [0.2, 0.25) is 0 Å². The molecule has 1 aliphatic heterocycles. The molecule has 3 nitrogen and oxygen atoms in total. The number of ether oxygens (including phenoxy) is 1. The Morgan fingerprint density at radius 2 is 2.06 bits per heavy atom. The third-order valence-electron chi connectivity index (χ3n) is 3.74. The van der Waals surface area contributed by atoms with Crippen molar-refractivity contribution >= 4 is 0 Å². The van der Waals surface area contributed by atoms with Gasteiger partial charge in [0.1, 0.15) is 0 Å². The van der Waals surface area contributed by atoms with Gasteiger partial charge in [-0.25, -0.2) is 0 Å². The average molecular weight is 242 g/mol. The number of nitrogens with zero attached hydrogens (tertiary/aromatic N) is 1. The normalized spacial score (nSPS) is 28.6. The predicted octanol–water partition coefficient (Wildman–Crippen LogP) is 2.12. The van der Waals surface area contributed by atoms with Gasteiger partial charge in [0.15, 0.2) is 0 Å². The SMILES string of the molecule is CCC1CN(CC(C)OC)C(CC(C)C)CN1. The zero-order valence-corrected chi connectivity index (χ0v) is 12.2. The smallest absolute Gasteiger partial charge is 0.0670 e. The van der Waals surface area contributed by atoms with E-state index in [1.165, 1.54) is 19.4 Å². The second-order valence-electron chi connectivity index (χ2n) is 5.80. The third kappa shape index (κ3) is 4.94. The maximum Gasteiger partial charge on any atom is 0.0670 e. The third-order valence-corrected chi connectivity index (χ3v) is 3.74. The number of nitrogens with one attached hydrogen (secondary N) is 1. The lowest BCUT2D eigenvalue weighted by Crippen LogP contribution is -2.58. The van der Waals surface area contributed by atoms with Crippen LogP contribution < -0.4 is 5.32 Å². The fraction of sp³-hybridized carbons (Fsp3) is 1.00. The molecule has 1 fully saturated rings. The summed E-state index contributed by atoms with van der Waals surface area (Å²) < 4.78 is 5.41. The standard InChI is InChI=1S/C14H30N2O/c1-6-13-10-16(9-12(4)17-5)14(8-15-13)7-11(2)3/h11-15H,6-10H2,1-5H3. The Hall–Kier alpha value is -0.120.